The third-order valence-corrected chi connectivity index (χ3v) is 4.92. The van der Waals surface area contributed by atoms with Gasteiger partial charge in [-0.15, -0.1) is 0 Å². The van der Waals surface area contributed by atoms with Crippen LogP contribution in [-0.2, 0) is 10.0 Å². The standard InChI is InChI=1S/C12H27N3O2S/c1-11(6-8-15(2)3)14-18(16,17)10-12-5-4-7-13-9-12/h11-14H,4-10H2,1-3H3. The molecule has 108 valence electrons. The van der Waals surface area contributed by atoms with E-state index in [1.807, 2.05) is 21.0 Å². The second-order valence-electron chi connectivity index (χ2n) is 5.60. The average Bonchev–Trinajstić information content (AvgIpc) is 2.26. The van der Waals surface area contributed by atoms with Gasteiger partial charge in [0.15, 0.2) is 0 Å². The predicted molar refractivity (Wildman–Crippen MR) is 75.1 cm³/mol. The van der Waals surface area contributed by atoms with E-state index in [1.165, 1.54) is 0 Å². The number of nitrogens with zero attached hydrogens (tertiary/aromatic N) is 1. The van der Waals surface area contributed by atoms with E-state index in [-0.39, 0.29) is 17.7 Å². The summed E-state index contributed by atoms with van der Waals surface area (Å²) in [4.78, 5) is 2.07. The Labute approximate surface area is 111 Å². The fraction of sp³-hybridized carbons (Fsp3) is 1.00. The van der Waals surface area contributed by atoms with Crippen LogP contribution in [0.25, 0.3) is 0 Å². The molecule has 0 bridgehead atoms. The summed E-state index contributed by atoms with van der Waals surface area (Å²) in [5, 5.41) is 3.25. The summed E-state index contributed by atoms with van der Waals surface area (Å²) < 4.78 is 26.8. The van der Waals surface area contributed by atoms with Crippen LogP contribution in [0.2, 0.25) is 0 Å². The van der Waals surface area contributed by atoms with Crippen molar-refractivity contribution < 1.29 is 8.42 Å². The Morgan fingerprint density at radius 3 is 2.72 bits per heavy atom. The van der Waals surface area contributed by atoms with Gasteiger partial charge in [0.25, 0.3) is 0 Å². The molecule has 0 amide bonds. The molecule has 1 aliphatic heterocycles. The maximum Gasteiger partial charge on any atom is 0.212 e. The molecule has 2 atom stereocenters. The first-order valence-electron chi connectivity index (χ1n) is 6.74. The fourth-order valence-electron chi connectivity index (χ4n) is 2.24. The molecule has 0 aromatic heterocycles. The van der Waals surface area contributed by atoms with E-state index in [0.29, 0.717) is 0 Å². The van der Waals surface area contributed by atoms with Gasteiger partial charge in [0.2, 0.25) is 10.0 Å². The lowest BCUT2D eigenvalue weighted by molar-refractivity contribution is 0.376. The summed E-state index contributed by atoms with van der Waals surface area (Å²) in [5.41, 5.74) is 0. The third kappa shape index (κ3) is 6.68. The van der Waals surface area contributed by atoms with Crippen molar-refractivity contribution in [3.8, 4) is 0 Å². The number of hydrogen-bond acceptors (Lipinski definition) is 4. The third-order valence-electron chi connectivity index (χ3n) is 3.24. The number of piperidine rings is 1. The van der Waals surface area contributed by atoms with Crippen molar-refractivity contribution in [2.45, 2.75) is 32.2 Å². The van der Waals surface area contributed by atoms with Crippen LogP contribution >= 0.6 is 0 Å². The average molecular weight is 277 g/mol. The smallest absolute Gasteiger partial charge is 0.212 e. The molecule has 0 aliphatic carbocycles. The molecule has 1 rings (SSSR count). The van der Waals surface area contributed by atoms with E-state index in [1.54, 1.807) is 0 Å². The van der Waals surface area contributed by atoms with Crippen LogP contribution in [0.4, 0.5) is 0 Å². The summed E-state index contributed by atoms with van der Waals surface area (Å²) in [5.74, 6) is 0.518. The summed E-state index contributed by atoms with van der Waals surface area (Å²) >= 11 is 0. The first kappa shape index (κ1) is 15.9. The van der Waals surface area contributed by atoms with Crippen molar-refractivity contribution in [2.75, 3.05) is 39.5 Å². The van der Waals surface area contributed by atoms with Crippen molar-refractivity contribution in [1.29, 1.82) is 0 Å². The second-order valence-corrected chi connectivity index (χ2v) is 7.40. The van der Waals surface area contributed by atoms with E-state index in [4.69, 9.17) is 0 Å². The molecule has 1 aliphatic rings. The van der Waals surface area contributed by atoms with Gasteiger partial charge in [0.1, 0.15) is 0 Å². The molecule has 0 spiro atoms. The molecule has 0 aromatic rings. The van der Waals surface area contributed by atoms with E-state index in [9.17, 15) is 8.42 Å². The maximum atomic E-state index is 12.0. The Hall–Kier alpha value is -0.170. The molecular weight excluding hydrogens is 250 g/mol. The summed E-state index contributed by atoms with van der Waals surface area (Å²) in [6, 6.07) is 0.00829. The molecule has 2 N–H and O–H groups in total. The lowest BCUT2D eigenvalue weighted by Crippen LogP contribution is -2.41. The molecule has 0 radical (unpaired) electrons. The topological polar surface area (TPSA) is 61.4 Å². The fourth-order valence-corrected chi connectivity index (χ4v) is 3.97. The number of rotatable bonds is 7. The number of nitrogens with one attached hydrogen (secondary N) is 2. The SMILES string of the molecule is CC(CCN(C)C)NS(=O)(=O)CC1CCCNC1. The largest absolute Gasteiger partial charge is 0.316 e. The van der Waals surface area contributed by atoms with E-state index in [2.05, 4.69) is 14.9 Å². The van der Waals surface area contributed by atoms with Crippen molar-refractivity contribution in [3.05, 3.63) is 0 Å². The van der Waals surface area contributed by atoms with Crippen molar-refractivity contribution in [1.82, 2.24) is 14.9 Å². The summed E-state index contributed by atoms with van der Waals surface area (Å²) in [6.45, 7) is 4.67. The van der Waals surface area contributed by atoms with Crippen LogP contribution in [0.1, 0.15) is 26.2 Å². The van der Waals surface area contributed by atoms with Crippen LogP contribution < -0.4 is 10.0 Å². The van der Waals surface area contributed by atoms with E-state index < -0.39 is 10.0 Å². The van der Waals surface area contributed by atoms with E-state index in [0.717, 1.165) is 38.9 Å². The monoisotopic (exact) mass is 277 g/mol. The van der Waals surface area contributed by atoms with Gasteiger partial charge in [0, 0.05) is 6.04 Å². The van der Waals surface area contributed by atoms with Crippen LogP contribution in [0, 0.1) is 5.92 Å². The first-order chi connectivity index (χ1) is 8.39. The Bertz CT molecular complexity index is 324. The van der Waals surface area contributed by atoms with Crippen molar-refractivity contribution in [2.24, 2.45) is 5.92 Å². The molecule has 6 heteroatoms. The summed E-state index contributed by atoms with van der Waals surface area (Å²) in [6.07, 6.45) is 2.94. The molecule has 1 fully saturated rings. The normalized spacial score (nSPS) is 23.2. The van der Waals surface area contributed by atoms with E-state index >= 15 is 0 Å². The van der Waals surface area contributed by atoms with Gasteiger partial charge in [-0.25, -0.2) is 13.1 Å². The quantitative estimate of drug-likeness (QED) is 0.700. The molecule has 0 aromatic carbocycles. The molecule has 18 heavy (non-hydrogen) atoms. The number of sulfonamides is 1. The molecule has 2 unspecified atom stereocenters. The van der Waals surface area contributed by atoms with Gasteiger partial charge in [-0.2, -0.15) is 0 Å². The van der Waals surface area contributed by atoms with Gasteiger partial charge >= 0.3 is 0 Å². The highest BCUT2D eigenvalue weighted by Crippen LogP contribution is 2.12. The zero-order chi connectivity index (χ0) is 13.6. The zero-order valence-electron chi connectivity index (χ0n) is 11.8. The lowest BCUT2D eigenvalue weighted by atomic mass is 10.0. The Morgan fingerprint density at radius 1 is 1.44 bits per heavy atom. The molecule has 1 saturated heterocycles. The Morgan fingerprint density at radius 2 is 2.17 bits per heavy atom. The molecule has 0 saturated carbocycles. The Balaban J connectivity index is 2.33. The minimum absolute atomic E-state index is 0.00829. The molecule has 5 nitrogen and oxygen atoms in total. The minimum Gasteiger partial charge on any atom is -0.316 e. The van der Waals surface area contributed by atoms with Gasteiger partial charge < -0.3 is 10.2 Å². The van der Waals surface area contributed by atoms with Gasteiger partial charge in [0.05, 0.1) is 5.75 Å². The highest BCUT2D eigenvalue weighted by molar-refractivity contribution is 7.89. The Kier molecular flexibility index (Phi) is 6.55. The lowest BCUT2D eigenvalue weighted by Gasteiger charge is -2.24. The highest BCUT2D eigenvalue weighted by Gasteiger charge is 2.22. The van der Waals surface area contributed by atoms with Crippen molar-refractivity contribution >= 4 is 10.0 Å². The van der Waals surface area contributed by atoms with Gasteiger partial charge in [-0.3, -0.25) is 0 Å². The predicted octanol–water partition coefficient (Wildman–Crippen LogP) is 0.246. The molecular formula is C12H27N3O2S. The maximum absolute atomic E-state index is 12.0. The highest BCUT2D eigenvalue weighted by atomic mass is 32.2. The minimum atomic E-state index is -3.14. The van der Waals surface area contributed by atoms with Crippen LogP contribution in [0.5, 0.6) is 0 Å². The van der Waals surface area contributed by atoms with Crippen molar-refractivity contribution in [3.63, 3.8) is 0 Å². The van der Waals surface area contributed by atoms with Crippen LogP contribution in [0.15, 0.2) is 0 Å². The first-order valence-corrected chi connectivity index (χ1v) is 8.40. The second kappa shape index (κ2) is 7.43. The zero-order valence-corrected chi connectivity index (χ0v) is 12.6. The van der Waals surface area contributed by atoms with Gasteiger partial charge in [-0.05, 0) is 65.8 Å². The summed E-state index contributed by atoms with van der Waals surface area (Å²) in [7, 11) is 0.853. The molecule has 1 heterocycles. The van der Waals surface area contributed by atoms with Crippen LogP contribution in [0.3, 0.4) is 0 Å². The van der Waals surface area contributed by atoms with Crippen LogP contribution in [-0.4, -0.2) is 58.8 Å². The van der Waals surface area contributed by atoms with Gasteiger partial charge in [-0.1, -0.05) is 0 Å². The number of hydrogen-bond donors (Lipinski definition) is 2.